The molecule has 1 unspecified atom stereocenters. The van der Waals surface area contributed by atoms with Gasteiger partial charge in [-0.3, -0.25) is 4.79 Å². The average molecular weight is 307 g/mol. The van der Waals surface area contributed by atoms with Gasteiger partial charge < -0.3 is 21.5 Å². The number of rotatable bonds is 6. The molecule has 1 saturated carbocycles. The Morgan fingerprint density at radius 2 is 2.32 bits per heavy atom. The van der Waals surface area contributed by atoms with Gasteiger partial charge in [-0.05, 0) is 39.0 Å². The highest BCUT2D eigenvalue weighted by atomic mass is 16.3. The van der Waals surface area contributed by atoms with E-state index in [4.69, 9.17) is 5.73 Å². The van der Waals surface area contributed by atoms with Crippen molar-refractivity contribution in [3.63, 3.8) is 0 Å². The van der Waals surface area contributed by atoms with Crippen LogP contribution >= 0.6 is 0 Å². The predicted octanol–water partition coefficient (Wildman–Crippen LogP) is 1.50. The van der Waals surface area contributed by atoms with Crippen LogP contribution in [0.4, 0.5) is 11.8 Å². The number of carbonyl (C=O) groups excluding carboxylic acids is 1. The minimum Gasteiger partial charge on any atom is -0.393 e. The number of hydrogen-bond donors (Lipinski definition) is 4. The Hall–Kier alpha value is -1.89. The molecule has 0 bridgehead atoms. The number of hydrogen-bond acceptors (Lipinski definition) is 6. The summed E-state index contributed by atoms with van der Waals surface area (Å²) in [5.41, 5.74) is 5.67. The molecule has 0 spiro atoms. The summed E-state index contributed by atoms with van der Waals surface area (Å²) < 4.78 is 0. The van der Waals surface area contributed by atoms with Crippen LogP contribution in [0.1, 0.15) is 56.3 Å². The average Bonchev–Trinajstić information content (AvgIpc) is 2.47. The van der Waals surface area contributed by atoms with Gasteiger partial charge in [0.05, 0.1) is 11.7 Å². The van der Waals surface area contributed by atoms with E-state index in [0.717, 1.165) is 25.7 Å². The van der Waals surface area contributed by atoms with E-state index in [0.29, 0.717) is 18.2 Å². The maximum Gasteiger partial charge on any atom is 0.254 e. The molecule has 7 heteroatoms. The van der Waals surface area contributed by atoms with Crippen LogP contribution in [0, 0.1) is 0 Å². The lowest BCUT2D eigenvalue weighted by Crippen LogP contribution is -2.31. The highest BCUT2D eigenvalue weighted by molar-refractivity contribution is 5.97. The number of anilines is 2. The summed E-state index contributed by atoms with van der Waals surface area (Å²) in [4.78, 5) is 20.1. The topological polar surface area (TPSA) is 113 Å². The third-order valence-electron chi connectivity index (χ3n) is 4.03. The van der Waals surface area contributed by atoms with Crippen molar-refractivity contribution in [2.75, 3.05) is 10.6 Å². The summed E-state index contributed by atoms with van der Waals surface area (Å²) in [5, 5.41) is 16.2. The Labute approximate surface area is 130 Å². The van der Waals surface area contributed by atoms with E-state index in [1.54, 1.807) is 0 Å². The van der Waals surface area contributed by atoms with E-state index in [2.05, 4.69) is 27.5 Å². The molecule has 1 aliphatic carbocycles. The second kappa shape index (κ2) is 7.40. The summed E-state index contributed by atoms with van der Waals surface area (Å²) in [6.07, 6.45) is 5.45. The maximum atomic E-state index is 11.5. The molecule has 3 atom stereocenters. The molecule has 1 aromatic heterocycles. The molecule has 0 radical (unpaired) electrons. The molecule has 1 amide bonds. The van der Waals surface area contributed by atoms with Crippen LogP contribution in [0.2, 0.25) is 0 Å². The van der Waals surface area contributed by atoms with Crippen LogP contribution < -0.4 is 16.4 Å². The van der Waals surface area contributed by atoms with E-state index >= 15 is 0 Å². The Bertz CT molecular complexity index is 523. The first-order chi connectivity index (χ1) is 10.5. The fraction of sp³-hybridized carbons (Fsp3) is 0.667. The predicted molar refractivity (Wildman–Crippen MR) is 85.8 cm³/mol. The van der Waals surface area contributed by atoms with Crippen molar-refractivity contribution in [3.05, 3.63) is 11.8 Å². The Morgan fingerprint density at radius 3 is 2.95 bits per heavy atom. The van der Waals surface area contributed by atoms with Crippen molar-refractivity contribution in [1.29, 1.82) is 0 Å². The Morgan fingerprint density at radius 1 is 1.55 bits per heavy atom. The smallest absolute Gasteiger partial charge is 0.254 e. The molecule has 1 aromatic rings. The van der Waals surface area contributed by atoms with Crippen molar-refractivity contribution in [1.82, 2.24) is 9.97 Å². The molecule has 122 valence electrons. The van der Waals surface area contributed by atoms with E-state index in [1.807, 2.05) is 6.92 Å². The van der Waals surface area contributed by atoms with Gasteiger partial charge in [0.1, 0.15) is 5.82 Å². The molecule has 1 heterocycles. The van der Waals surface area contributed by atoms with Gasteiger partial charge in [0.25, 0.3) is 5.91 Å². The van der Waals surface area contributed by atoms with E-state index in [9.17, 15) is 9.90 Å². The molecule has 1 aliphatic rings. The SMILES string of the molecule is CCC(C)Nc1ncc(C(N)=O)c(N[C@@H]2CCC[C@H](O)C2)n1. The molecule has 22 heavy (non-hydrogen) atoms. The van der Waals surface area contributed by atoms with Gasteiger partial charge in [0.15, 0.2) is 0 Å². The van der Waals surface area contributed by atoms with Gasteiger partial charge in [0, 0.05) is 18.3 Å². The number of aliphatic hydroxyl groups excluding tert-OH is 1. The van der Waals surface area contributed by atoms with Crippen molar-refractivity contribution in [2.45, 2.75) is 64.1 Å². The van der Waals surface area contributed by atoms with E-state index in [-0.39, 0.29) is 23.8 Å². The summed E-state index contributed by atoms with van der Waals surface area (Å²) in [6.45, 7) is 4.11. The standard InChI is InChI=1S/C15H25N5O2/c1-3-9(2)18-15-17-8-12(13(16)22)14(20-15)19-10-5-4-6-11(21)7-10/h8-11,21H,3-7H2,1-2H3,(H2,16,22)(H2,17,18,19,20)/t9?,10-,11+/m1/s1. The first kappa shape index (κ1) is 16.5. The summed E-state index contributed by atoms with van der Waals surface area (Å²) in [7, 11) is 0. The van der Waals surface area contributed by atoms with Crippen molar-refractivity contribution in [2.24, 2.45) is 5.73 Å². The van der Waals surface area contributed by atoms with E-state index in [1.165, 1.54) is 6.20 Å². The van der Waals surface area contributed by atoms with Crippen molar-refractivity contribution >= 4 is 17.7 Å². The number of nitrogens with one attached hydrogen (secondary N) is 2. The van der Waals surface area contributed by atoms with Crippen LogP contribution in [0.15, 0.2) is 6.20 Å². The normalized spacial score (nSPS) is 22.9. The minimum atomic E-state index is -0.561. The zero-order valence-electron chi connectivity index (χ0n) is 13.2. The van der Waals surface area contributed by atoms with Gasteiger partial charge in [-0.1, -0.05) is 6.92 Å². The lowest BCUT2D eigenvalue weighted by atomic mass is 9.93. The fourth-order valence-electron chi connectivity index (χ4n) is 2.55. The molecular weight excluding hydrogens is 282 g/mol. The quantitative estimate of drug-likeness (QED) is 0.633. The molecule has 1 fully saturated rings. The number of aromatic nitrogens is 2. The van der Waals surface area contributed by atoms with Gasteiger partial charge in [-0.25, -0.2) is 4.98 Å². The Balaban J connectivity index is 2.18. The lowest BCUT2D eigenvalue weighted by molar-refractivity contribution is 0.100. The summed E-state index contributed by atoms with van der Waals surface area (Å²) in [6, 6.07) is 0.331. The minimum absolute atomic E-state index is 0.0909. The van der Waals surface area contributed by atoms with E-state index < -0.39 is 5.91 Å². The zero-order chi connectivity index (χ0) is 16.1. The van der Waals surface area contributed by atoms with Crippen LogP contribution in [0.5, 0.6) is 0 Å². The monoisotopic (exact) mass is 307 g/mol. The number of nitrogens with zero attached hydrogens (tertiary/aromatic N) is 2. The van der Waals surface area contributed by atoms with Gasteiger partial charge in [-0.2, -0.15) is 4.98 Å². The highest BCUT2D eigenvalue weighted by Gasteiger charge is 2.22. The van der Waals surface area contributed by atoms with Gasteiger partial charge in [-0.15, -0.1) is 0 Å². The largest absolute Gasteiger partial charge is 0.393 e. The van der Waals surface area contributed by atoms with Crippen molar-refractivity contribution in [3.8, 4) is 0 Å². The van der Waals surface area contributed by atoms with Crippen LogP contribution in [-0.4, -0.2) is 39.2 Å². The Kier molecular flexibility index (Phi) is 5.54. The number of nitrogens with two attached hydrogens (primary N) is 1. The highest BCUT2D eigenvalue weighted by Crippen LogP contribution is 2.23. The number of carbonyl (C=O) groups is 1. The molecule has 0 saturated heterocycles. The van der Waals surface area contributed by atoms with Crippen LogP contribution in [-0.2, 0) is 0 Å². The first-order valence-electron chi connectivity index (χ1n) is 7.87. The second-order valence-electron chi connectivity index (χ2n) is 5.94. The number of aliphatic hydroxyl groups is 1. The second-order valence-corrected chi connectivity index (χ2v) is 5.94. The van der Waals surface area contributed by atoms with Gasteiger partial charge >= 0.3 is 0 Å². The molecule has 0 aliphatic heterocycles. The summed E-state index contributed by atoms with van der Waals surface area (Å²) >= 11 is 0. The van der Waals surface area contributed by atoms with Crippen LogP contribution in [0.25, 0.3) is 0 Å². The molecular formula is C15H25N5O2. The molecule has 0 aromatic carbocycles. The third-order valence-corrected chi connectivity index (χ3v) is 4.03. The number of amides is 1. The van der Waals surface area contributed by atoms with Crippen LogP contribution in [0.3, 0.4) is 0 Å². The molecule has 2 rings (SSSR count). The molecule has 7 nitrogen and oxygen atoms in total. The zero-order valence-corrected chi connectivity index (χ0v) is 13.2. The summed E-state index contributed by atoms with van der Waals surface area (Å²) in [5.74, 6) is 0.347. The van der Waals surface area contributed by atoms with Gasteiger partial charge in [0.2, 0.25) is 5.95 Å². The maximum absolute atomic E-state index is 11.5. The molecule has 5 N–H and O–H groups in total. The number of primary amides is 1. The fourth-order valence-corrected chi connectivity index (χ4v) is 2.55. The lowest BCUT2D eigenvalue weighted by Gasteiger charge is -2.27. The van der Waals surface area contributed by atoms with Crippen molar-refractivity contribution < 1.29 is 9.90 Å². The third kappa shape index (κ3) is 4.30. The first-order valence-corrected chi connectivity index (χ1v) is 7.87.